The van der Waals surface area contributed by atoms with Gasteiger partial charge in [0, 0.05) is 18.7 Å². The molecule has 5 nitrogen and oxygen atoms in total. The Balaban J connectivity index is 1.52. The molecule has 0 radical (unpaired) electrons. The lowest BCUT2D eigenvalue weighted by molar-refractivity contribution is 0.0944. The molecule has 2 aliphatic rings. The number of benzene rings is 1. The van der Waals surface area contributed by atoms with Crippen LogP contribution in [0.25, 0.3) is 0 Å². The number of nitrogens with zero attached hydrogens (tertiary/aromatic N) is 1. The van der Waals surface area contributed by atoms with Crippen LogP contribution in [0.15, 0.2) is 18.2 Å². The molecule has 1 atom stereocenters. The Morgan fingerprint density at radius 3 is 2.62 bits per heavy atom. The fourth-order valence-electron chi connectivity index (χ4n) is 3.93. The number of methoxy groups -OCH3 is 1. The van der Waals surface area contributed by atoms with Gasteiger partial charge in [-0.2, -0.15) is 0 Å². The highest BCUT2D eigenvalue weighted by Crippen LogP contribution is 2.32. The van der Waals surface area contributed by atoms with Gasteiger partial charge in [-0.3, -0.25) is 4.79 Å². The largest absolute Gasteiger partial charge is 0.493 e. The minimum Gasteiger partial charge on any atom is -0.493 e. The maximum atomic E-state index is 12.5. The van der Waals surface area contributed by atoms with Crippen LogP contribution in [0.3, 0.4) is 0 Å². The van der Waals surface area contributed by atoms with Gasteiger partial charge in [-0.15, -0.1) is 0 Å². The summed E-state index contributed by atoms with van der Waals surface area (Å²) < 4.78 is 11.5. The third-order valence-electron chi connectivity index (χ3n) is 5.40. The SMILES string of the molecule is COc1cc(C(=O)NCC(C)CN2CCCC2)ccc1OC1CCCC1. The number of likely N-dealkylation sites (tertiary alicyclic amines) is 1. The Hall–Kier alpha value is -1.75. The van der Waals surface area contributed by atoms with Crippen molar-refractivity contribution < 1.29 is 14.3 Å². The number of nitrogens with one attached hydrogen (secondary N) is 1. The van der Waals surface area contributed by atoms with Gasteiger partial charge >= 0.3 is 0 Å². The molecule has 5 heteroatoms. The van der Waals surface area contributed by atoms with E-state index in [2.05, 4.69) is 17.1 Å². The highest BCUT2D eigenvalue weighted by molar-refractivity contribution is 5.94. The highest BCUT2D eigenvalue weighted by Gasteiger charge is 2.20. The second kappa shape index (κ2) is 9.26. The molecular formula is C21H32N2O3. The summed E-state index contributed by atoms with van der Waals surface area (Å²) >= 11 is 0. The second-order valence-electron chi connectivity index (χ2n) is 7.71. The monoisotopic (exact) mass is 360 g/mol. The first-order valence-corrected chi connectivity index (χ1v) is 10.0. The molecule has 1 heterocycles. The van der Waals surface area contributed by atoms with Crippen molar-refractivity contribution in [2.24, 2.45) is 5.92 Å². The molecule has 144 valence electrons. The van der Waals surface area contributed by atoms with E-state index in [-0.39, 0.29) is 12.0 Å². The Morgan fingerprint density at radius 2 is 1.92 bits per heavy atom. The first-order valence-electron chi connectivity index (χ1n) is 10.0. The molecule has 1 aliphatic heterocycles. The zero-order valence-electron chi connectivity index (χ0n) is 16.1. The lowest BCUT2D eigenvalue weighted by Gasteiger charge is -2.20. The summed E-state index contributed by atoms with van der Waals surface area (Å²) in [6.07, 6.45) is 7.52. The Morgan fingerprint density at radius 1 is 1.19 bits per heavy atom. The normalized spacial score (nSPS) is 19.5. The molecule has 26 heavy (non-hydrogen) atoms. The van der Waals surface area contributed by atoms with Crippen LogP contribution in [0.1, 0.15) is 55.8 Å². The van der Waals surface area contributed by atoms with Crippen LogP contribution in [-0.2, 0) is 0 Å². The molecule has 1 aromatic rings. The molecule has 3 rings (SSSR count). The van der Waals surface area contributed by atoms with Crippen LogP contribution < -0.4 is 14.8 Å². The first-order chi connectivity index (χ1) is 12.7. The van der Waals surface area contributed by atoms with E-state index >= 15 is 0 Å². The summed E-state index contributed by atoms with van der Waals surface area (Å²) in [7, 11) is 1.62. The van der Waals surface area contributed by atoms with Crippen LogP contribution in [0.2, 0.25) is 0 Å². The van der Waals surface area contributed by atoms with Crippen LogP contribution >= 0.6 is 0 Å². The maximum Gasteiger partial charge on any atom is 0.251 e. The van der Waals surface area contributed by atoms with E-state index in [1.807, 2.05) is 12.1 Å². The van der Waals surface area contributed by atoms with Crippen molar-refractivity contribution in [3.05, 3.63) is 23.8 Å². The van der Waals surface area contributed by atoms with E-state index < -0.39 is 0 Å². The van der Waals surface area contributed by atoms with Crippen molar-refractivity contribution in [2.45, 2.75) is 51.6 Å². The smallest absolute Gasteiger partial charge is 0.251 e. The number of carbonyl (C=O) groups is 1. The molecule has 0 bridgehead atoms. The molecule has 1 saturated heterocycles. The van der Waals surface area contributed by atoms with Gasteiger partial charge in [-0.05, 0) is 75.7 Å². The minimum absolute atomic E-state index is 0.0519. The fraction of sp³-hybridized carbons (Fsp3) is 0.667. The van der Waals surface area contributed by atoms with E-state index in [1.54, 1.807) is 13.2 Å². The predicted octanol–water partition coefficient (Wildman–Crippen LogP) is 3.48. The van der Waals surface area contributed by atoms with Crippen LogP contribution in [0.4, 0.5) is 0 Å². The maximum absolute atomic E-state index is 12.5. The fourth-order valence-corrected chi connectivity index (χ4v) is 3.93. The highest BCUT2D eigenvalue weighted by atomic mass is 16.5. The Labute approximate surface area is 157 Å². The zero-order valence-corrected chi connectivity index (χ0v) is 16.1. The molecule has 0 spiro atoms. The predicted molar refractivity (Wildman–Crippen MR) is 103 cm³/mol. The van der Waals surface area contributed by atoms with Gasteiger partial charge in [-0.25, -0.2) is 0 Å². The molecule has 1 unspecified atom stereocenters. The molecule has 1 aliphatic carbocycles. The van der Waals surface area contributed by atoms with Crippen molar-refractivity contribution in [1.82, 2.24) is 10.2 Å². The van der Waals surface area contributed by atoms with Crippen molar-refractivity contribution in [3.8, 4) is 11.5 Å². The van der Waals surface area contributed by atoms with E-state index in [0.29, 0.717) is 23.8 Å². The van der Waals surface area contributed by atoms with Crippen molar-refractivity contribution in [1.29, 1.82) is 0 Å². The topological polar surface area (TPSA) is 50.8 Å². The Bertz CT molecular complexity index is 593. The summed E-state index contributed by atoms with van der Waals surface area (Å²) in [5.41, 5.74) is 0.619. The quantitative estimate of drug-likeness (QED) is 0.771. The van der Waals surface area contributed by atoms with Crippen LogP contribution in [0.5, 0.6) is 11.5 Å². The second-order valence-corrected chi connectivity index (χ2v) is 7.71. The van der Waals surface area contributed by atoms with Crippen molar-refractivity contribution in [3.63, 3.8) is 0 Å². The lowest BCUT2D eigenvalue weighted by atomic mass is 10.1. The van der Waals surface area contributed by atoms with E-state index in [0.717, 1.165) is 25.1 Å². The van der Waals surface area contributed by atoms with Crippen molar-refractivity contribution >= 4 is 5.91 Å². The van der Waals surface area contributed by atoms with Gasteiger partial charge in [0.25, 0.3) is 5.91 Å². The van der Waals surface area contributed by atoms with Gasteiger partial charge in [0.2, 0.25) is 0 Å². The van der Waals surface area contributed by atoms with Gasteiger partial charge in [0.15, 0.2) is 11.5 Å². The molecule has 1 amide bonds. The van der Waals surface area contributed by atoms with E-state index in [4.69, 9.17) is 9.47 Å². The average Bonchev–Trinajstić information content (AvgIpc) is 3.34. The first kappa shape index (κ1) is 19.0. The molecule has 0 aromatic heterocycles. The number of ether oxygens (including phenoxy) is 2. The molecular weight excluding hydrogens is 328 g/mol. The molecule has 1 N–H and O–H groups in total. The third-order valence-corrected chi connectivity index (χ3v) is 5.40. The molecule has 2 fully saturated rings. The number of rotatable bonds is 8. The summed E-state index contributed by atoms with van der Waals surface area (Å²) in [5.74, 6) is 1.76. The van der Waals surface area contributed by atoms with E-state index in [1.165, 1.54) is 38.8 Å². The van der Waals surface area contributed by atoms with Crippen LogP contribution in [-0.4, -0.2) is 50.2 Å². The van der Waals surface area contributed by atoms with Gasteiger partial charge in [-0.1, -0.05) is 6.92 Å². The van der Waals surface area contributed by atoms with Crippen molar-refractivity contribution in [2.75, 3.05) is 33.3 Å². The number of hydrogen-bond acceptors (Lipinski definition) is 4. The van der Waals surface area contributed by atoms with Crippen LogP contribution in [0, 0.1) is 5.92 Å². The summed E-state index contributed by atoms with van der Waals surface area (Å²) in [4.78, 5) is 15.0. The van der Waals surface area contributed by atoms with Gasteiger partial charge < -0.3 is 19.7 Å². The minimum atomic E-state index is -0.0519. The number of amides is 1. The summed E-state index contributed by atoms with van der Waals surface area (Å²) in [6.45, 7) is 6.32. The van der Waals surface area contributed by atoms with Gasteiger partial charge in [0.1, 0.15) is 0 Å². The van der Waals surface area contributed by atoms with Gasteiger partial charge in [0.05, 0.1) is 13.2 Å². The summed E-state index contributed by atoms with van der Waals surface area (Å²) in [6, 6.07) is 5.47. The Kier molecular flexibility index (Phi) is 6.78. The standard InChI is InChI=1S/C21H32N2O3/c1-16(15-23-11-5-6-12-23)14-22-21(24)17-9-10-19(20(13-17)25-2)26-18-7-3-4-8-18/h9-10,13,16,18H,3-8,11-12,14-15H2,1-2H3,(H,22,24). The van der Waals surface area contributed by atoms with E-state index in [9.17, 15) is 4.79 Å². The molecule has 1 saturated carbocycles. The summed E-state index contributed by atoms with van der Waals surface area (Å²) in [5, 5.41) is 3.05. The lowest BCUT2D eigenvalue weighted by Crippen LogP contribution is -2.34. The third kappa shape index (κ3) is 5.13. The molecule has 1 aromatic carbocycles. The number of carbonyl (C=O) groups excluding carboxylic acids is 1. The number of hydrogen-bond donors (Lipinski definition) is 1. The zero-order chi connectivity index (χ0) is 18.4. The average molecular weight is 360 g/mol.